The van der Waals surface area contributed by atoms with E-state index in [2.05, 4.69) is 4.90 Å². The van der Waals surface area contributed by atoms with Gasteiger partial charge in [-0.1, -0.05) is 32.0 Å². The number of hydrogen-bond acceptors (Lipinski definition) is 4. The Morgan fingerprint density at radius 1 is 1.19 bits per heavy atom. The lowest BCUT2D eigenvalue weighted by molar-refractivity contribution is -0.132. The van der Waals surface area contributed by atoms with Crippen molar-refractivity contribution in [1.29, 1.82) is 0 Å². The van der Waals surface area contributed by atoms with Crippen molar-refractivity contribution in [3.8, 4) is 0 Å². The Bertz CT molecular complexity index is 738. The van der Waals surface area contributed by atoms with Crippen LogP contribution in [-0.2, 0) is 14.8 Å². The van der Waals surface area contributed by atoms with Crippen molar-refractivity contribution >= 4 is 21.6 Å². The van der Waals surface area contributed by atoms with Gasteiger partial charge in [-0.3, -0.25) is 9.10 Å². The van der Waals surface area contributed by atoms with E-state index in [-0.39, 0.29) is 24.8 Å². The molecule has 1 heterocycles. The van der Waals surface area contributed by atoms with Gasteiger partial charge in [0.2, 0.25) is 15.9 Å². The molecule has 0 aliphatic carbocycles. The standard InChI is InChI=1S/C19H31N3O3S/c1-15(2)17-8-6-7-16(3)19(17)22(26(5,24)25)10-9-18(23)21-13-11-20(4)12-14-21/h6-8,15H,9-14H2,1-5H3. The first-order valence-corrected chi connectivity index (χ1v) is 11.0. The summed E-state index contributed by atoms with van der Waals surface area (Å²) in [7, 11) is -1.44. The first kappa shape index (κ1) is 20.7. The summed E-state index contributed by atoms with van der Waals surface area (Å²) in [5.74, 6) is 0.217. The van der Waals surface area contributed by atoms with Crippen molar-refractivity contribution in [2.24, 2.45) is 0 Å². The third kappa shape index (κ3) is 4.98. The van der Waals surface area contributed by atoms with Crippen LogP contribution in [0.4, 0.5) is 5.69 Å². The lowest BCUT2D eigenvalue weighted by Crippen LogP contribution is -2.48. The van der Waals surface area contributed by atoms with Crippen molar-refractivity contribution in [3.63, 3.8) is 0 Å². The number of likely N-dealkylation sites (N-methyl/N-ethyl adjacent to an activating group) is 1. The molecule has 1 fully saturated rings. The molecule has 1 aliphatic rings. The van der Waals surface area contributed by atoms with Crippen molar-refractivity contribution in [1.82, 2.24) is 9.80 Å². The summed E-state index contributed by atoms with van der Waals surface area (Å²) >= 11 is 0. The molecule has 0 radical (unpaired) electrons. The molecule has 0 unspecified atom stereocenters. The van der Waals surface area contributed by atoms with Gasteiger partial charge in [0, 0.05) is 39.1 Å². The van der Waals surface area contributed by atoms with Crippen molar-refractivity contribution in [2.75, 3.05) is 50.3 Å². The number of carbonyl (C=O) groups is 1. The van der Waals surface area contributed by atoms with Crippen LogP contribution in [0.1, 0.15) is 37.3 Å². The zero-order valence-electron chi connectivity index (χ0n) is 16.5. The number of carbonyl (C=O) groups excluding carboxylic acids is 1. The van der Waals surface area contributed by atoms with Gasteiger partial charge in [-0.25, -0.2) is 8.42 Å². The maximum absolute atomic E-state index is 12.6. The minimum absolute atomic E-state index is 0.0198. The topological polar surface area (TPSA) is 60.9 Å². The van der Waals surface area contributed by atoms with Gasteiger partial charge < -0.3 is 9.80 Å². The van der Waals surface area contributed by atoms with Crippen LogP contribution in [0.25, 0.3) is 0 Å². The predicted molar refractivity (Wildman–Crippen MR) is 106 cm³/mol. The number of rotatable bonds is 6. The second-order valence-corrected chi connectivity index (χ2v) is 9.34. The van der Waals surface area contributed by atoms with Crippen LogP contribution in [0.2, 0.25) is 0 Å². The Kier molecular flexibility index (Phi) is 6.69. The maximum atomic E-state index is 12.6. The van der Waals surface area contributed by atoms with Crippen LogP contribution in [0.15, 0.2) is 18.2 Å². The third-order valence-electron chi connectivity index (χ3n) is 4.93. The average Bonchev–Trinajstić information content (AvgIpc) is 2.55. The quantitative estimate of drug-likeness (QED) is 0.757. The van der Waals surface area contributed by atoms with Gasteiger partial charge >= 0.3 is 0 Å². The SMILES string of the molecule is Cc1cccc(C(C)C)c1N(CCC(=O)N1CCN(C)CC1)S(C)(=O)=O. The van der Waals surface area contributed by atoms with E-state index in [4.69, 9.17) is 0 Å². The molecule has 2 rings (SSSR count). The maximum Gasteiger partial charge on any atom is 0.232 e. The lowest BCUT2D eigenvalue weighted by atomic mass is 9.98. The Morgan fingerprint density at radius 2 is 1.81 bits per heavy atom. The number of anilines is 1. The van der Waals surface area contributed by atoms with E-state index in [0.717, 1.165) is 29.9 Å². The molecule has 0 aromatic heterocycles. The molecule has 1 amide bonds. The van der Waals surface area contributed by atoms with Crippen LogP contribution < -0.4 is 4.31 Å². The second kappa shape index (κ2) is 8.39. The minimum Gasteiger partial charge on any atom is -0.340 e. The Balaban J connectivity index is 2.21. The minimum atomic E-state index is -3.48. The van der Waals surface area contributed by atoms with E-state index >= 15 is 0 Å². The number of sulfonamides is 1. The summed E-state index contributed by atoms with van der Waals surface area (Å²) in [5.41, 5.74) is 2.62. The smallest absolute Gasteiger partial charge is 0.232 e. The molecular formula is C19H31N3O3S. The molecule has 6 nitrogen and oxygen atoms in total. The van der Waals surface area contributed by atoms with Crippen molar-refractivity contribution < 1.29 is 13.2 Å². The number of hydrogen-bond donors (Lipinski definition) is 0. The van der Waals surface area contributed by atoms with E-state index in [1.54, 1.807) is 0 Å². The number of piperazine rings is 1. The molecule has 146 valence electrons. The second-order valence-electron chi connectivity index (χ2n) is 7.44. The summed E-state index contributed by atoms with van der Waals surface area (Å²) in [5, 5.41) is 0. The summed E-state index contributed by atoms with van der Waals surface area (Å²) in [4.78, 5) is 16.6. The molecule has 26 heavy (non-hydrogen) atoms. The van der Waals surface area contributed by atoms with E-state index in [1.165, 1.54) is 10.6 Å². The average molecular weight is 382 g/mol. The Labute approximate surface area is 157 Å². The third-order valence-corrected chi connectivity index (χ3v) is 6.09. The number of nitrogens with zero attached hydrogens (tertiary/aromatic N) is 3. The van der Waals surface area contributed by atoms with Gasteiger partial charge in [-0.15, -0.1) is 0 Å². The van der Waals surface area contributed by atoms with Crippen LogP contribution >= 0.6 is 0 Å². The molecule has 0 spiro atoms. The van der Waals surface area contributed by atoms with Crippen LogP contribution in [0, 0.1) is 6.92 Å². The highest BCUT2D eigenvalue weighted by Crippen LogP contribution is 2.32. The number of aryl methyl sites for hydroxylation is 1. The summed E-state index contributed by atoms with van der Waals surface area (Å²) in [6.07, 6.45) is 1.41. The van der Waals surface area contributed by atoms with Crippen LogP contribution in [0.3, 0.4) is 0 Å². The van der Waals surface area contributed by atoms with E-state index in [1.807, 2.05) is 50.9 Å². The summed E-state index contributed by atoms with van der Waals surface area (Å²) in [6.45, 7) is 9.32. The molecule has 0 bridgehead atoms. The normalized spacial score (nSPS) is 16.2. The van der Waals surface area contributed by atoms with Gasteiger partial charge in [-0.05, 0) is 31.0 Å². The molecule has 0 saturated carbocycles. The predicted octanol–water partition coefficient (Wildman–Crippen LogP) is 2.05. The number of amides is 1. The van der Waals surface area contributed by atoms with Gasteiger partial charge in [0.1, 0.15) is 0 Å². The van der Waals surface area contributed by atoms with Gasteiger partial charge in [0.25, 0.3) is 0 Å². The Hall–Kier alpha value is -1.60. The highest BCUT2D eigenvalue weighted by Gasteiger charge is 2.26. The number of para-hydroxylation sites is 1. The molecule has 1 saturated heterocycles. The van der Waals surface area contributed by atoms with Gasteiger partial charge in [0.15, 0.2) is 0 Å². The Morgan fingerprint density at radius 3 is 2.35 bits per heavy atom. The summed E-state index contributed by atoms with van der Waals surface area (Å²) < 4.78 is 26.4. The molecular weight excluding hydrogens is 350 g/mol. The highest BCUT2D eigenvalue weighted by molar-refractivity contribution is 7.92. The van der Waals surface area contributed by atoms with Crippen LogP contribution in [-0.4, -0.2) is 70.2 Å². The molecule has 0 atom stereocenters. The van der Waals surface area contributed by atoms with Gasteiger partial charge in [0.05, 0.1) is 11.9 Å². The molecule has 1 aromatic carbocycles. The van der Waals surface area contributed by atoms with E-state index < -0.39 is 10.0 Å². The van der Waals surface area contributed by atoms with Crippen LogP contribution in [0.5, 0.6) is 0 Å². The first-order chi connectivity index (χ1) is 12.1. The fraction of sp³-hybridized carbons (Fsp3) is 0.632. The number of benzene rings is 1. The first-order valence-electron chi connectivity index (χ1n) is 9.14. The molecule has 1 aliphatic heterocycles. The molecule has 7 heteroatoms. The fourth-order valence-corrected chi connectivity index (χ4v) is 4.35. The molecule has 1 aromatic rings. The summed E-state index contributed by atoms with van der Waals surface area (Å²) in [6, 6.07) is 5.83. The van der Waals surface area contributed by atoms with E-state index in [0.29, 0.717) is 13.1 Å². The van der Waals surface area contributed by atoms with E-state index in [9.17, 15) is 13.2 Å². The van der Waals surface area contributed by atoms with Crippen molar-refractivity contribution in [2.45, 2.75) is 33.1 Å². The molecule has 0 N–H and O–H groups in total. The monoisotopic (exact) mass is 381 g/mol. The largest absolute Gasteiger partial charge is 0.340 e. The zero-order chi connectivity index (χ0) is 19.5. The van der Waals surface area contributed by atoms with Crippen molar-refractivity contribution in [3.05, 3.63) is 29.3 Å². The highest BCUT2D eigenvalue weighted by atomic mass is 32.2. The lowest BCUT2D eigenvalue weighted by Gasteiger charge is -2.33. The zero-order valence-corrected chi connectivity index (χ0v) is 17.3. The van der Waals surface area contributed by atoms with Gasteiger partial charge in [-0.2, -0.15) is 0 Å². The fourth-order valence-electron chi connectivity index (χ4n) is 3.34.